The number of esters is 6. The van der Waals surface area contributed by atoms with Crippen LogP contribution in [0.5, 0.6) is 0 Å². The van der Waals surface area contributed by atoms with Gasteiger partial charge < -0.3 is 28.4 Å². The lowest BCUT2D eigenvalue weighted by atomic mass is 9.28. The van der Waals surface area contributed by atoms with Crippen LogP contribution in [0.1, 0.15) is 357 Å². The number of hydrogen-bond donors (Lipinski definition) is 0. The molecule has 26 aliphatic carbocycles. The van der Waals surface area contributed by atoms with Crippen LogP contribution >= 0.6 is 0 Å². The molecule has 0 radical (unpaired) electrons. The SMILES string of the molecule is CCC(C)(C#N)C(=O)OC(C)(C)C12CC3CC(CC(C3)C1)C2.CCC(C)(C)C(=O)OC1(C)C2CC3C4CC5CC3C1C(C5)C4C2.CCC(C)(C)C(=O)OCC(=O)OC(C)(C)C12CC3CC(CC(C3)C1)C2.CCC(C)C(=O)OC(C)(C)C12CC3CC4C5CC(CC41)CC2C5C3.CCC1(OC(=O)C(C)(CC)C(F)(F)F)C2CC3CC(C2)CC1C3. The van der Waals surface area contributed by atoms with Gasteiger partial charge in [0.25, 0.3) is 0 Å². The van der Waals surface area contributed by atoms with Gasteiger partial charge in [0.1, 0.15) is 28.0 Å². The van der Waals surface area contributed by atoms with Crippen LogP contribution < -0.4 is 0 Å². The number of alkyl halides is 3. The number of halogens is 3. The lowest BCUT2D eigenvalue weighted by molar-refractivity contribution is -0.309. The molecule has 0 heterocycles. The summed E-state index contributed by atoms with van der Waals surface area (Å²) in [6, 6.07) is 2.15. The van der Waals surface area contributed by atoms with Crippen LogP contribution in [0.4, 0.5) is 13.2 Å². The van der Waals surface area contributed by atoms with Gasteiger partial charge in [-0.05, 0) is 450 Å². The van der Waals surface area contributed by atoms with Gasteiger partial charge in [0.15, 0.2) is 17.4 Å². The van der Waals surface area contributed by atoms with Crippen molar-refractivity contribution < 1.29 is 70.4 Å². The molecule has 26 aliphatic rings. The fraction of sp³-hybridized carbons (Fsp3) is 0.931. The summed E-state index contributed by atoms with van der Waals surface area (Å²) in [5.41, 5.74) is -5.84. The minimum atomic E-state index is -4.57. The van der Waals surface area contributed by atoms with Crippen molar-refractivity contribution in [3.8, 4) is 6.07 Å². The van der Waals surface area contributed by atoms with E-state index in [1.165, 1.54) is 161 Å². The fourth-order valence-corrected chi connectivity index (χ4v) is 33.5. The van der Waals surface area contributed by atoms with Crippen LogP contribution in [-0.4, -0.2) is 76.6 Å². The van der Waals surface area contributed by atoms with Gasteiger partial charge >= 0.3 is 42.0 Å². The van der Waals surface area contributed by atoms with Crippen LogP contribution in [0.15, 0.2) is 0 Å². The topological polar surface area (TPSA) is 182 Å². The number of carbonyl (C=O) groups excluding carboxylic acids is 6. The van der Waals surface area contributed by atoms with E-state index in [4.69, 9.17) is 28.4 Å². The zero-order chi connectivity index (χ0) is 84.7. The Morgan fingerprint density at radius 1 is 0.410 bits per heavy atom. The zero-order valence-corrected chi connectivity index (χ0v) is 76.2. The third kappa shape index (κ3) is 14.6. The molecule has 16 heteroatoms. The summed E-state index contributed by atoms with van der Waals surface area (Å²) in [7, 11) is 0. The Morgan fingerprint density at radius 3 is 1.22 bits per heavy atom. The minimum Gasteiger partial charge on any atom is -0.459 e. The summed E-state index contributed by atoms with van der Waals surface area (Å²) in [4.78, 5) is 75.1. The van der Waals surface area contributed by atoms with Gasteiger partial charge in [-0.2, -0.15) is 18.4 Å². The first-order chi connectivity index (χ1) is 54.7. The summed E-state index contributed by atoms with van der Waals surface area (Å²) in [5.74, 6) is 18.4. The molecule has 12 atom stereocenters. The molecule has 0 aromatic heterocycles. The Hall–Kier alpha value is -3.90. The first kappa shape index (κ1) is 88.0. The van der Waals surface area contributed by atoms with Crippen molar-refractivity contribution >= 4 is 35.8 Å². The molecule has 0 aromatic rings. The highest BCUT2D eigenvalue weighted by Gasteiger charge is 2.76. The molecule has 26 rings (SSSR count). The highest BCUT2D eigenvalue weighted by molar-refractivity contribution is 5.81. The first-order valence-electron chi connectivity index (χ1n) is 48.5. The molecule has 0 saturated heterocycles. The standard InChI is InChI=1S/C22H34O2.C21H34O4.C21H32O2.C19H29NO2.C18H27F3O2/c1-5-12(2)20(23)24-21(3,4)22-11-14-7-16-15-6-13(9-18(16)22)10-19(22)17(15)8-14;1-6-19(2,3)18(23)24-13-17(22)25-20(4,5)21-10-14-7-15(11-21)9-16(8-14)12-21;1-5-20(2,3)19(22)23-21(4)12-9-14-13-6-11-7-16(14)18(21)17(8-11)15(13)10-12;1-5-18(4,12-20)16(21)22-17(2,3)19-9-13-6-14(10-19)8-15(7-13)11-19;1-4-16(3,18(19,20)21)15(22)23-17(5-2)13-7-11-6-12(9-13)10-14(17)8-11/h12-19H,5-11H2,1-4H3;14-16H,6-13H2,1-5H3;11-18H,5-10H2,1-4H3;13-15H,5-11H2,1-4H3;11-14H,4-10H2,1-3H3. The average Bonchev–Trinajstić information content (AvgIpc) is 0.688. The van der Waals surface area contributed by atoms with Crippen molar-refractivity contribution in [1.82, 2.24) is 0 Å². The molecule has 26 saturated carbocycles. The van der Waals surface area contributed by atoms with Crippen molar-refractivity contribution in [2.45, 2.75) is 391 Å². The molecule has 658 valence electrons. The highest BCUT2D eigenvalue weighted by atomic mass is 19.4. The van der Waals surface area contributed by atoms with Crippen molar-refractivity contribution in [1.29, 1.82) is 5.26 Å². The molecule has 0 amide bonds. The maximum atomic E-state index is 13.4. The summed E-state index contributed by atoms with van der Waals surface area (Å²) < 4.78 is 75.8. The van der Waals surface area contributed by atoms with Gasteiger partial charge in [-0.25, -0.2) is 4.79 Å². The Bertz CT molecular complexity index is 3640. The quantitative estimate of drug-likeness (QED) is 0.0783. The van der Waals surface area contributed by atoms with E-state index in [0.29, 0.717) is 48.3 Å². The minimum absolute atomic E-state index is 0.0337. The second-order valence-electron chi connectivity index (χ2n) is 48.1. The molecule has 117 heavy (non-hydrogen) atoms. The second kappa shape index (κ2) is 30.8. The lowest BCUT2D eigenvalue weighted by Crippen LogP contribution is -2.73. The van der Waals surface area contributed by atoms with Crippen molar-refractivity contribution in [2.24, 2.45) is 192 Å². The smallest absolute Gasteiger partial charge is 0.404 e. The van der Waals surface area contributed by atoms with Gasteiger partial charge in [0, 0.05) is 22.2 Å². The Morgan fingerprint density at radius 2 is 0.803 bits per heavy atom. The number of ether oxygens (including phenoxy) is 6. The highest BCUT2D eigenvalue weighted by Crippen LogP contribution is 2.80. The summed E-state index contributed by atoms with van der Waals surface area (Å²) in [6.45, 7) is 38.7. The number of nitriles is 1. The van der Waals surface area contributed by atoms with Crippen LogP contribution in [0.3, 0.4) is 0 Å². The largest absolute Gasteiger partial charge is 0.459 e. The lowest BCUT2D eigenvalue weighted by Gasteiger charge is -2.77. The third-order valence-corrected chi connectivity index (χ3v) is 40.5. The molecule has 12 unspecified atom stereocenters. The molecule has 0 aromatic carbocycles. The molecule has 26 fully saturated rings. The van der Waals surface area contributed by atoms with Gasteiger partial charge in [-0.3, -0.25) is 24.0 Å². The molecule has 28 bridgehead atoms. The number of nitrogens with zero attached hydrogens (tertiary/aromatic N) is 1. The van der Waals surface area contributed by atoms with Crippen LogP contribution in [0.2, 0.25) is 0 Å². The van der Waals surface area contributed by atoms with Crippen LogP contribution in [-0.2, 0) is 57.2 Å². The normalized spacial score (nSPS) is 44.4. The Balaban J connectivity index is 0.000000115. The zero-order valence-electron chi connectivity index (χ0n) is 76.2. The molecule has 0 spiro atoms. The van der Waals surface area contributed by atoms with Gasteiger partial charge in [-0.1, -0.05) is 48.5 Å². The maximum Gasteiger partial charge on any atom is 0.404 e. The van der Waals surface area contributed by atoms with Gasteiger partial charge in [0.05, 0.1) is 22.8 Å². The van der Waals surface area contributed by atoms with Crippen LogP contribution in [0.25, 0.3) is 0 Å². The van der Waals surface area contributed by atoms with E-state index >= 15 is 0 Å². The Labute approximate surface area is 703 Å². The van der Waals surface area contributed by atoms with E-state index < -0.39 is 51.2 Å². The van der Waals surface area contributed by atoms with E-state index in [0.717, 1.165) is 158 Å². The summed E-state index contributed by atoms with van der Waals surface area (Å²) >= 11 is 0. The van der Waals surface area contributed by atoms with E-state index in [9.17, 15) is 47.2 Å². The molecular weight excluding hydrogens is 1480 g/mol. The fourth-order valence-electron chi connectivity index (χ4n) is 33.5. The molecular formula is C101H156F3NO12. The molecule has 0 N–H and O–H groups in total. The number of carbonyl (C=O) groups is 6. The summed E-state index contributed by atoms with van der Waals surface area (Å²) in [6.07, 6.45) is 35.2. The van der Waals surface area contributed by atoms with E-state index in [-0.39, 0.29) is 82.1 Å². The summed E-state index contributed by atoms with van der Waals surface area (Å²) in [5, 5.41) is 9.34. The van der Waals surface area contributed by atoms with Crippen molar-refractivity contribution in [2.75, 3.05) is 6.61 Å². The van der Waals surface area contributed by atoms with E-state index in [2.05, 4.69) is 68.4 Å². The van der Waals surface area contributed by atoms with E-state index in [1.807, 2.05) is 55.4 Å². The number of hydrogen-bond acceptors (Lipinski definition) is 13. The maximum absolute atomic E-state index is 13.4. The van der Waals surface area contributed by atoms with Gasteiger partial charge in [-0.15, -0.1) is 0 Å². The second-order valence-corrected chi connectivity index (χ2v) is 48.1. The first-order valence-corrected chi connectivity index (χ1v) is 48.5. The molecule has 0 aliphatic heterocycles. The van der Waals surface area contributed by atoms with Crippen molar-refractivity contribution in [3.05, 3.63) is 0 Å². The number of rotatable bonds is 21. The molecule has 13 nitrogen and oxygen atoms in total. The van der Waals surface area contributed by atoms with Gasteiger partial charge in [0.2, 0.25) is 0 Å². The Kier molecular flexibility index (Phi) is 23.1. The monoisotopic (exact) mass is 1630 g/mol. The predicted octanol–water partition coefficient (Wildman–Crippen LogP) is 23.8. The average molecular weight is 1630 g/mol. The van der Waals surface area contributed by atoms with Crippen molar-refractivity contribution in [3.63, 3.8) is 0 Å². The third-order valence-electron chi connectivity index (χ3n) is 40.5. The predicted molar refractivity (Wildman–Crippen MR) is 445 cm³/mol. The van der Waals surface area contributed by atoms with E-state index in [1.54, 1.807) is 6.92 Å². The van der Waals surface area contributed by atoms with Crippen LogP contribution in [0, 0.1) is 203 Å².